The average Bonchev–Trinajstić information content (AvgIpc) is 2.36. The first-order valence-electron chi connectivity index (χ1n) is 6.44. The minimum Gasteiger partial charge on any atom is -0.271 e. The van der Waals surface area contributed by atoms with Crippen LogP contribution in [-0.4, -0.2) is 9.97 Å². The lowest BCUT2D eigenvalue weighted by atomic mass is 9.73. The van der Waals surface area contributed by atoms with Crippen LogP contribution >= 0.6 is 0 Å². The summed E-state index contributed by atoms with van der Waals surface area (Å²) in [5.41, 5.74) is 3.88. The molecule has 3 N–H and O–H groups in total. The van der Waals surface area contributed by atoms with Gasteiger partial charge in [0, 0.05) is 12.4 Å². The van der Waals surface area contributed by atoms with Gasteiger partial charge in [-0.15, -0.1) is 0 Å². The van der Waals surface area contributed by atoms with E-state index in [4.69, 9.17) is 5.84 Å². The van der Waals surface area contributed by atoms with Crippen LogP contribution in [0.15, 0.2) is 18.6 Å². The van der Waals surface area contributed by atoms with Gasteiger partial charge in [-0.1, -0.05) is 20.3 Å². The molecule has 0 bridgehead atoms. The molecule has 0 saturated heterocycles. The first-order valence-corrected chi connectivity index (χ1v) is 6.44. The maximum Gasteiger partial charge on any atom is 0.0772 e. The molecule has 1 fully saturated rings. The van der Waals surface area contributed by atoms with Crippen LogP contribution in [-0.2, 0) is 0 Å². The lowest BCUT2D eigenvalue weighted by molar-refractivity contribution is 0.169. The van der Waals surface area contributed by atoms with Crippen LogP contribution in [0.2, 0.25) is 0 Å². The first-order chi connectivity index (χ1) is 8.22. The van der Waals surface area contributed by atoms with Gasteiger partial charge in [-0.3, -0.25) is 21.2 Å². The summed E-state index contributed by atoms with van der Waals surface area (Å²) in [5, 5.41) is 0. The van der Waals surface area contributed by atoms with Crippen molar-refractivity contribution in [1.82, 2.24) is 15.4 Å². The SMILES string of the molecule is CC1CCC(C(NN)c2cnccn2)CC1C. The molecule has 1 aromatic heterocycles. The Morgan fingerprint density at radius 2 is 2.12 bits per heavy atom. The first kappa shape index (κ1) is 12.5. The van der Waals surface area contributed by atoms with Crippen LogP contribution in [0.5, 0.6) is 0 Å². The number of aromatic nitrogens is 2. The molecule has 0 radical (unpaired) electrons. The molecule has 94 valence electrons. The smallest absolute Gasteiger partial charge is 0.0772 e. The van der Waals surface area contributed by atoms with E-state index in [9.17, 15) is 0 Å². The molecule has 4 heteroatoms. The molecule has 4 nitrogen and oxygen atoms in total. The van der Waals surface area contributed by atoms with Crippen molar-refractivity contribution >= 4 is 0 Å². The number of nitrogens with zero attached hydrogens (tertiary/aromatic N) is 2. The monoisotopic (exact) mass is 234 g/mol. The van der Waals surface area contributed by atoms with Crippen molar-refractivity contribution in [2.24, 2.45) is 23.6 Å². The topological polar surface area (TPSA) is 63.8 Å². The van der Waals surface area contributed by atoms with Gasteiger partial charge in [-0.25, -0.2) is 0 Å². The molecule has 1 aromatic rings. The summed E-state index contributed by atoms with van der Waals surface area (Å²) in [4.78, 5) is 8.49. The summed E-state index contributed by atoms with van der Waals surface area (Å²) in [5.74, 6) is 7.86. The van der Waals surface area contributed by atoms with Crippen LogP contribution in [0.25, 0.3) is 0 Å². The predicted octanol–water partition coefficient (Wildman–Crippen LogP) is 2.05. The Kier molecular flexibility index (Phi) is 4.07. The van der Waals surface area contributed by atoms with Gasteiger partial charge in [0.2, 0.25) is 0 Å². The molecule has 1 aliphatic rings. The van der Waals surface area contributed by atoms with E-state index in [2.05, 4.69) is 29.2 Å². The van der Waals surface area contributed by atoms with Gasteiger partial charge in [0.05, 0.1) is 17.9 Å². The van der Waals surface area contributed by atoms with Crippen molar-refractivity contribution in [1.29, 1.82) is 0 Å². The maximum absolute atomic E-state index is 5.70. The summed E-state index contributed by atoms with van der Waals surface area (Å²) < 4.78 is 0. The molecular formula is C13H22N4. The molecule has 17 heavy (non-hydrogen) atoms. The molecular weight excluding hydrogens is 212 g/mol. The number of nitrogens with one attached hydrogen (secondary N) is 1. The Balaban J connectivity index is 2.09. The number of hydrazine groups is 1. The molecule has 1 saturated carbocycles. The van der Waals surface area contributed by atoms with Gasteiger partial charge in [-0.05, 0) is 30.6 Å². The van der Waals surface area contributed by atoms with E-state index >= 15 is 0 Å². The van der Waals surface area contributed by atoms with Crippen LogP contribution in [0.4, 0.5) is 0 Å². The van der Waals surface area contributed by atoms with Gasteiger partial charge < -0.3 is 0 Å². The quantitative estimate of drug-likeness (QED) is 0.620. The highest BCUT2D eigenvalue weighted by Gasteiger charge is 2.31. The minimum absolute atomic E-state index is 0.138. The molecule has 1 aliphatic carbocycles. The molecule has 0 spiro atoms. The fourth-order valence-corrected chi connectivity index (χ4v) is 2.83. The Labute approximate surface area is 103 Å². The number of rotatable bonds is 3. The zero-order valence-electron chi connectivity index (χ0n) is 10.6. The van der Waals surface area contributed by atoms with E-state index in [0.717, 1.165) is 17.5 Å². The van der Waals surface area contributed by atoms with Gasteiger partial charge in [0.25, 0.3) is 0 Å². The van der Waals surface area contributed by atoms with E-state index in [0.29, 0.717) is 5.92 Å². The van der Waals surface area contributed by atoms with Gasteiger partial charge in [0.1, 0.15) is 0 Å². The van der Waals surface area contributed by atoms with Crippen LogP contribution < -0.4 is 11.3 Å². The van der Waals surface area contributed by atoms with Crippen molar-refractivity contribution in [3.63, 3.8) is 0 Å². The number of nitrogens with two attached hydrogens (primary N) is 1. The highest BCUT2D eigenvalue weighted by molar-refractivity contribution is 5.04. The van der Waals surface area contributed by atoms with Crippen molar-refractivity contribution in [2.45, 2.75) is 39.2 Å². The highest BCUT2D eigenvalue weighted by atomic mass is 15.2. The van der Waals surface area contributed by atoms with Crippen LogP contribution in [0.3, 0.4) is 0 Å². The average molecular weight is 234 g/mol. The molecule has 4 unspecified atom stereocenters. The summed E-state index contributed by atoms with van der Waals surface area (Å²) in [7, 11) is 0. The zero-order chi connectivity index (χ0) is 12.3. The molecule has 0 amide bonds. The Bertz CT molecular complexity index is 341. The Morgan fingerprint density at radius 1 is 1.29 bits per heavy atom. The van der Waals surface area contributed by atoms with Gasteiger partial charge >= 0.3 is 0 Å². The zero-order valence-corrected chi connectivity index (χ0v) is 10.6. The lowest BCUT2D eigenvalue weighted by Crippen LogP contribution is -2.37. The summed E-state index contributed by atoms with van der Waals surface area (Å²) in [6, 6.07) is 0.138. The number of hydrogen-bond acceptors (Lipinski definition) is 4. The summed E-state index contributed by atoms with van der Waals surface area (Å²) >= 11 is 0. The summed E-state index contributed by atoms with van der Waals surface area (Å²) in [6.07, 6.45) is 8.96. The largest absolute Gasteiger partial charge is 0.271 e. The third-order valence-corrected chi connectivity index (χ3v) is 4.19. The highest BCUT2D eigenvalue weighted by Crippen LogP contribution is 2.38. The normalized spacial score (nSPS) is 31.1. The van der Waals surface area contributed by atoms with Crippen molar-refractivity contribution < 1.29 is 0 Å². The molecule has 0 aromatic carbocycles. The van der Waals surface area contributed by atoms with Crippen molar-refractivity contribution in [3.8, 4) is 0 Å². The van der Waals surface area contributed by atoms with Crippen molar-refractivity contribution in [3.05, 3.63) is 24.3 Å². The van der Waals surface area contributed by atoms with E-state index in [1.807, 2.05) is 6.20 Å². The molecule has 4 atom stereocenters. The van der Waals surface area contributed by atoms with Crippen LogP contribution in [0, 0.1) is 17.8 Å². The Morgan fingerprint density at radius 3 is 2.71 bits per heavy atom. The summed E-state index contributed by atoms with van der Waals surface area (Å²) in [6.45, 7) is 4.68. The third-order valence-electron chi connectivity index (χ3n) is 4.19. The fraction of sp³-hybridized carbons (Fsp3) is 0.692. The van der Waals surface area contributed by atoms with Gasteiger partial charge in [-0.2, -0.15) is 0 Å². The second kappa shape index (κ2) is 5.56. The van der Waals surface area contributed by atoms with Gasteiger partial charge in [0.15, 0.2) is 0 Å². The molecule has 2 rings (SSSR count). The fourth-order valence-electron chi connectivity index (χ4n) is 2.83. The standard InChI is InChI=1S/C13H22N4/c1-9-3-4-11(7-10(9)2)13(17-14)12-8-15-5-6-16-12/h5-6,8-11,13,17H,3-4,7,14H2,1-2H3. The third kappa shape index (κ3) is 2.82. The van der Waals surface area contributed by atoms with E-state index in [-0.39, 0.29) is 6.04 Å². The van der Waals surface area contributed by atoms with E-state index in [1.165, 1.54) is 19.3 Å². The Hall–Kier alpha value is -1.00. The predicted molar refractivity (Wildman–Crippen MR) is 67.8 cm³/mol. The van der Waals surface area contributed by atoms with E-state index < -0.39 is 0 Å². The molecule has 1 heterocycles. The van der Waals surface area contributed by atoms with E-state index in [1.54, 1.807) is 12.4 Å². The second-order valence-corrected chi connectivity index (χ2v) is 5.30. The maximum atomic E-state index is 5.70. The van der Waals surface area contributed by atoms with Crippen LogP contribution in [0.1, 0.15) is 44.8 Å². The number of hydrogen-bond donors (Lipinski definition) is 2. The van der Waals surface area contributed by atoms with Crippen molar-refractivity contribution in [2.75, 3.05) is 0 Å². The second-order valence-electron chi connectivity index (χ2n) is 5.30. The lowest BCUT2D eigenvalue weighted by Gasteiger charge is -2.36. The molecule has 0 aliphatic heterocycles. The minimum atomic E-state index is 0.138.